The standard InChI is InChI=1S/C6H14ClNO3S/c1-6(2)8(3-4-9)12(10,11)5-7/h6,9H,3-5H2,1-2H3. The van der Waals surface area contributed by atoms with Crippen molar-refractivity contribution in [1.29, 1.82) is 0 Å². The molecule has 0 fully saturated rings. The number of rotatable bonds is 5. The van der Waals surface area contributed by atoms with Crippen molar-refractivity contribution < 1.29 is 13.5 Å². The molecule has 0 aliphatic heterocycles. The second-order valence-corrected chi connectivity index (χ2v) is 5.15. The van der Waals surface area contributed by atoms with Gasteiger partial charge in [-0.05, 0) is 13.8 Å². The highest BCUT2D eigenvalue weighted by molar-refractivity contribution is 7.90. The van der Waals surface area contributed by atoms with E-state index in [1.807, 2.05) is 0 Å². The first-order valence-corrected chi connectivity index (χ1v) is 5.76. The summed E-state index contributed by atoms with van der Waals surface area (Å²) in [6.45, 7) is 3.39. The van der Waals surface area contributed by atoms with Crippen LogP contribution in [0.4, 0.5) is 0 Å². The van der Waals surface area contributed by atoms with Gasteiger partial charge in [-0.1, -0.05) is 0 Å². The Hall–Kier alpha value is 0.160. The average Bonchev–Trinajstić information content (AvgIpc) is 1.99. The van der Waals surface area contributed by atoms with E-state index in [2.05, 4.69) is 0 Å². The fourth-order valence-electron chi connectivity index (χ4n) is 0.880. The van der Waals surface area contributed by atoms with E-state index < -0.39 is 15.2 Å². The minimum absolute atomic E-state index is 0.104. The quantitative estimate of drug-likeness (QED) is 0.668. The molecule has 0 saturated heterocycles. The van der Waals surface area contributed by atoms with Crippen molar-refractivity contribution in [3.63, 3.8) is 0 Å². The van der Waals surface area contributed by atoms with Gasteiger partial charge in [0.15, 0.2) is 0 Å². The van der Waals surface area contributed by atoms with Gasteiger partial charge in [0.25, 0.3) is 0 Å². The summed E-state index contributed by atoms with van der Waals surface area (Å²) in [6.07, 6.45) is 0. The second kappa shape index (κ2) is 5.01. The molecule has 0 bridgehead atoms. The maximum absolute atomic E-state index is 11.2. The molecule has 0 heterocycles. The van der Waals surface area contributed by atoms with Gasteiger partial charge < -0.3 is 5.11 Å². The molecule has 1 N–H and O–H groups in total. The fraction of sp³-hybridized carbons (Fsp3) is 1.00. The average molecular weight is 216 g/mol. The summed E-state index contributed by atoms with van der Waals surface area (Å²) in [5, 5.41) is 8.16. The predicted octanol–water partition coefficient (Wildman–Crippen LogP) is 0.215. The third kappa shape index (κ3) is 3.26. The van der Waals surface area contributed by atoms with Gasteiger partial charge in [0, 0.05) is 12.6 Å². The van der Waals surface area contributed by atoms with Gasteiger partial charge >= 0.3 is 0 Å². The zero-order chi connectivity index (χ0) is 9.78. The van der Waals surface area contributed by atoms with Crippen molar-refractivity contribution in [1.82, 2.24) is 4.31 Å². The maximum Gasteiger partial charge on any atom is 0.228 e. The first-order chi connectivity index (χ1) is 5.45. The molecule has 0 aliphatic carbocycles. The smallest absolute Gasteiger partial charge is 0.228 e. The van der Waals surface area contributed by atoms with Crippen LogP contribution in [-0.4, -0.2) is 42.2 Å². The van der Waals surface area contributed by atoms with E-state index in [9.17, 15) is 8.42 Å². The highest BCUT2D eigenvalue weighted by Gasteiger charge is 2.22. The number of sulfonamides is 1. The number of hydrogen-bond acceptors (Lipinski definition) is 3. The van der Waals surface area contributed by atoms with Gasteiger partial charge in [-0.2, -0.15) is 4.31 Å². The molecule has 0 aromatic rings. The largest absolute Gasteiger partial charge is 0.395 e. The summed E-state index contributed by atoms with van der Waals surface area (Å²) < 4.78 is 23.6. The normalized spacial score (nSPS) is 12.8. The highest BCUT2D eigenvalue weighted by atomic mass is 35.5. The van der Waals surface area contributed by atoms with Crippen molar-refractivity contribution in [2.45, 2.75) is 19.9 Å². The van der Waals surface area contributed by atoms with Gasteiger partial charge in [0.1, 0.15) is 5.21 Å². The lowest BCUT2D eigenvalue weighted by atomic mass is 10.4. The lowest BCUT2D eigenvalue weighted by Crippen LogP contribution is -2.39. The molecule has 12 heavy (non-hydrogen) atoms. The SMILES string of the molecule is CC(C)N(CCO)S(=O)(=O)CCl. The molecular formula is C6H14ClNO3S. The fourth-order valence-corrected chi connectivity index (χ4v) is 2.38. The molecule has 0 aliphatic rings. The first-order valence-electron chi connectivity index (χ1n) is 3.62. The monoisotopic (exact) mass is 215 g/mol. The number of aliphatic hydroxyl groups excluding tert-OH is 1. The minimum Gasteiger partial charge on any atom is -0.395 e. The Bertz CT molecular complexity index is 215. The van der Waals surface area contributed by atoms with Crippen LogP contribution in [0.2, 0.25) is 0 Å². The Labute approximate surface area is 78.2 Å². The molecule has 74 valence electrons. The Morgan fingerprint density at radius 2 is 2.00 bits per heavy atom. The summed E-state index contributed by atoms with van der Waals surface area (Å²) in [7, 11) is -3.38. The van der Waals surface area contributed by atoms with Crippen LogP contribution in [0.5, 0.6) is 0 Å². The van der Waals surface area contributed by atoms with E-state index in [1.165, 1.54) is 4.31 Å². The van der Waals surface area contributed by atoms with E-state index in [4.69, 9.17) is 16.7 Å². The molecule has 4 nitrogen and oxygen atoms in total. The molecule has 0 spiro atoms. The first kappa shape index (κ1) is 12.2. The molecule has 0 radical (unpaired) electrons. The van der Waals surface area contributed by atoms with E-state index in [0.717, 1.165) is 0 Å². The van der Waals surface area contributed by atoms with Crippen molar-refractivity contribution in [3.05, 3.63) is 0 Å². The Morgan fingerprint density at radius 1 is 1.50 bits per heavy atom. The molecule has 0 saturated carbocycles. The van der Waals surface area contributed by atoms with Crippen molar-refractivity contribution in [2.24, 2.45) is 0 Å². The van der Waals surface area contributed by atoms with Crippen LogP contribution in [0.3, 0.4) is 0 Å². The molecule has 6 heteroatoms. The second-order valence-electron chi connectivity index (χ2n) is 2.65. The molecule has 0 aromatic carbocycles. The zero-order valence-electron chi connectivity index (χ0n) is 7.20. The van der Waals surface area contributed by atoms with E-state index >= 15 is 0 Å². The van der Waals surface area contributed by atoms with Crippen LogP contribution in [0.15, 0.2) is 0 Å². The van der Waals surface area contributed by atoms with E-state index in [1.54, 1.807) is 13.8 Å². The number of halogens is 1. The summed E-state index contributed by atoms with van der Waals surface area (Å²) >= 11 is 5.26. The molecular weight excluding hydrogens is 202 g/mol. The highest BCUT2D eigenvalue weighted by Crippen LogP contribution is 2.07. The lowest BCUT2D eigenvalue weighted by molar-refractivity contribution is 0.237. The molecule has 0 amide bonds. The summed E-state index contributed by atoms with van der Waals surface area (Å²) in [5.41, 5.74) is 0. The molecule has 0 atom stereocenters. The molecule has 0 rings (SSSR count). The third-order valence-corrected chi connectivity index (χ3v) is 3.81. The number of nitrogens with zero attached hydrogens (tertiary/aromatic N) is 1. The number of aliphatic hydroxyl groups is 1. The van der Waals surface area contributed by atoms with Gasteiger partial charge in [0.2, 0.25) is 10.0 Å². The lowest BCUT2D eigenvalue weighted by Gasteiger charge is -2.23. The van der Waals surface area contributed by atoms with Gasteiger partial charge in [0.05, 0.1) is 6.61 Å². The summed E-state index contributed by atoms with van der Waals surface area (Å²) in [5.74, 6) is 0. The van der Waals surface area contributed by atoms with Crippen molar-refractivity contribution in [2.75, 3.05) is 18.4 Å². The topological polar surface area (TPSA) is 57.6 Å². The van der Waals surface area contributed by atoms with Crippen LogP contribution in [0, 0.1) is 0 Å². The maximum atomic E-state index is 11.2. The zero-order valence-corrected chi connectivity index (χ0v) is 8.77. The van der Waals surface area contributed by atoms with Crippen LogP contribution in [-0.2, 0) is 10.0 Å². The summed E-state index contributed by atoms with van der Waals surface area (Å²) in [4.78, 5) is 0. The van der Waals surface area contributed by atoms with Gasteiger partial charge in [-0.25, -0.2) is 8.42 Å². The van der Waals surface area contributed by atoms with E-state index in [-0.39, 0.29) is 19.2 Å². The van der Waals surface area contributed by atoms with Crippen LogP contribution < -0.4 is 0 Å². The third-order valence-electron chi connectivity index (χ3n) is 1.39. The molecule has 0 aromatic heterocycles. The van der Waals surface area contributed by atoms with Crippen molar-refractivity contribution in [3.8, 4) is 0 Å². The molecule has 0 unspecified atom stereocenters. The van der Waals surface area contributed by atoms with Crippen LogP contribution in [0.25, 0.3) is 0 Å². The Morgan fingerprint density at radius 3 is 2.25 bits per heavy atom. The summed E-state index contributed by atoms with van der Waals surface area (Å²) in [6, 6.07) is -0.166. The van der Waals surface area contributed by atoms with Crippen molar-refractivity contribution >= 4 is 21.6 Å². The van der Waals surface area contributed by atoms with Crippen LogP contribution >= 0.6 is 11.6 Å². The number of alkyl halides is 1. The van der Waals surface area contributed by atoms with Gasteiger partial charge in [-0.15, -0.1) is 11.6 Å². The Balaban J connectivity index is 4.51. The van der Waals surface area contributed by atoms with Crippen LogP contribution in [0.1, 0.15) is 13.8 Å². The Kier molecular flexibility index (Phi) is 5.08. The van der Waals surface area contributed by atoms with Gasteiger partial charge in [-0.3, -0.25) is 0 Å². The number of hydrogen-bond donors (Lipinski definition) is 1. The van der Waals surface area contributed by atoms with E-state index in [0.29, 0.717) is 0 Å². The minimum atomic E-state index is -3.38. The predicted molar refractivity (Wildman–Crippen MR) is 48.6 cm³/mol.